The van der Waals surface area contributed by atoms with E-state index in [2.05, 4.69) is 12.2 Å². The van der Waals surface area contributed by atoms with Gasteiger partial charge in [-0.25, -0.2) is 0 Å². The van der Waals surface area contributed by atoms with E-state index in [4.69, 9.17) is 3.07 Å². The van der Waals surface area contributed by atoms with Crippen LogP contribution >= 0.6 is 0 Å². The number of rotatable bonds is 5. The van der Waals surface area contributed by atoms with Crippen molar-refractivity contribution in [3.05, 3.63) is 60.2 Å². The maximum atomic E-state index is 11.7. The molecule has 0 heterocycles. The van der Waals surface area contributed by atoms with Gasteiger partial charge in [0.1, 0.15) is 0 Å². The summed E-state index contributed by atoms with van der Waals surface area (Å²) in [7, 11) is 0. The first-order valence-electron chi connectivity index (χ1n) is 5.07. The molecule has 0 amide bonds. The SMILES string of the molecule is O=C([I-]OCC1C=CC=C1)c1ccccc1. The summed E-state index contributed by atoms with van der Waals surface area (Å²) in [5.41, 5.74) is 0.757. The van der Waals surface area contributed by atoms with Crippen LogP contribution in [0.25, 0.3) is 0 Å². The molecule has 0 saturated heterocycles. The molecule has 84 valence electrons. The second-order valence-corrected chi connectivity index (χ2v) is 5.47. The van der Waals surface area contributed by atoms with Crippen molar-refractivity contribution in [3.63, 3.8) is 0 Å². The van der Waals surface area contributed by atoms with Gasteiger partial charge in [0.25, 0.3) is 0 Å². The Kier molecular flexibility index (Phi) is 4.30. The fraction of sp³-hybridized carbons (Fsp3) is 0.154. The topological polar surface area (TPSA) is 26.3 Å². The molecule has 3 heteroatoms. The molecule has 0 aromatic heterocycles. The molecule has 2 rings (SSSR count). The van der Waals surface area contributed by atoms with Crippen molar-refractivity contribution in [2.24, 2.45) is 5.92 Å². The van der Waals surface area contributed by atoms with Gasteiger partial charge >= 0.3 is 106 Å². The minimum atomic E-state index is -0.841. The number of carbonyl (C=O) groups excluding carboxylic acids is 1. The van der Waals surface area contributed by atoms with Crippen LogP contribution in [0.5, 0.6) is 0 Å². The average molecular weight is 327 g/mol. The molecular formula is C13H12IO2-. The first-order valence-corrected chi connectivity index (χ1v) is 7.03. The van der Waals surface area contributed by atoms with Gasteiger partial charge in [-0.3, -0.25) is 0 Å². The zero-order valence-electron chi connectivity index (χ0n) is 8.68. The van der Waals surface area contributed by atoms with Crippen molar-refractivity contribution in [3.8, 4) is 0 Å². The van der Waals surface area contributed by atoms with Gasteiger partial charge < -0.3 is 0 Å². The van der Waals surface area contributed by atoms with Crippen molar-refractivity contribution >= 4 is 3.79 Å². The van der Waals surface area contributed by atoms with Crippen LogP contribution in [0.3, 0.4) is 0 Å². The Bertz CT molecular complexity index is 397. The zero-order chi connectivity index (χ0) is 11.2. The van der Waals surface area contributed by atoms with Crippen LogP contribution < -0.4 is 21.6 Å². The summed E-state index contributed by atoms with van der Waals surface area (Å²) in [6.07, 6.45) is 8.17. The molecule has 0 atom stereocenters. The third-order valence-electron chi connectivity index (χ3n) is 2.21. The molecule has 0 aliphatic heterocycles. The Hall–Kier alpha value is -0.940. The van der Waals surface area contributed by atoms with Gasteiger partial charge in [0.05, 0.1) is 0 Å². The van der Waals surface area contributed by atoms with E-state index in [9.17, 15) is 4.79 Å². The molecule has 1 aliphatic rings. The fourth-order valence-corrected chi connectivity index (χ4v) is 2.85. The normalized spacial score (nSPS) is 14.8. The Morgan fingerprint density at radius 2 is 1.88 bits per heavy atom. The Labute approximate surface area is 106 Å². The Morgan fingerprint density at radius 1 is 1.19 bits per heavy atom. The van der Waals surface area contributed by atoms with E-state index in [-0.39, 0.29) is 3.79 Å². The first-order chi connectivity index (χ1) is 7.86. The zero-order valence-corrected chi connectivity index (χ0v) is 10.8. The summed E-state index contributed by atoms with van der Waals surface area (Å²) in [4.78, 5) is 11.7. The van der Waals surface area contributed by atoms with Crippen molar-refractivity contribution in [2.45, 2.75) is 0 Å². The quantitative estimate of drug-likeness (QED) is 0.543. The number of carbonyl (C=O) groups is 1. The van der Waals surface area contributed by atoms with Gasteiger partial charge in [0, 0.05) is 0 Å². The predicted molar refractivity (Wildman–Crippen MR) is 58.5 cm³/mol. The van der Waals surface area contributed by atoms with E-state index in [1.54, 1.807) is 0 Å². The van der Waals surface area contributed by atoms with Gasteiger partial charge in [0.15, 0.2) is 0 Å². The van der Waals surface area contributed by atoms with Gasteiger partial charge in [-0.1, -0.05) is 0 Å². The summed E-state index contributed by atoms with van der Waals surface area (Å²) < 4.78 is 5.64. The van der Waals surface area contributed by atoms with Gasteiger partial charge in [-0.15, -0.1) is 0 Å². The number of hydrogen-bond acceptors (Lipinski definition) is 2. The monoisotopic (exact) mass is 327 g/mol. The van der Waals surface area contributed by atoms with E-state index in [0.717, 1.165) is 5.56 Å². The standard InChI is InChI=1S/C13H12IO2/c15-13(12-8-2-1-3-9-12)14-16-10-11-6-4-5-7-11/h1-9,11H,10H2/q-1. The molecule has 0 unspecified atom stereocenters. The maximum absolute atomic E-state index is 11.7. The van der Waals surface area contributed by atoms with E-state index >= 15 is 0 Å². The van der Waals surface area contributed by atoms with Crippen LogP contribution in [0.1, 0.15) is 10.4 Å². The second kappa shape index (κ2) is 5.96. The molecular weight excluding hydrogens is 315 g/mol. The Morgan fingerprint density at radius 3 is 2.56 bits per heavy atom. The number of hydrogen-bond donors (Lipinski definition) is 0. The third-order valence-corrected chi connectivity index (χ3v) is 3.90. The summed E-state index contributed by atoms with van der Waals surface area (Å²) in [6, 6.07) is 9.32. The molecule has 16 heavy (non-hydrogen) atoms. The molecule has 1 aromatic carbocycles. The van der Waals surface area contributed by atoms with E-state index in [1.807, 2.05) is 42.5 Å². The first kappa shape index (κ1) is 11.5. The molecule has 0 fully saturated rings. The third kappa shape index (κ3) is 3.28. The van der Waals surface area contributed by atoms with Crippen LogP contribution in [0, 0.1) is 5.92 Å². The van der Waals surface area contributed by atoms with Crippen LogP contribution in [-0.2, 0) is 3.07 Å². The molecule has 2 nitrogen and oxygen atoms in total. The van der Waals surface area contributed by atoms with E-state index in [0.29, 0.717) is 12.5 Å². The van der Waals surface area contributed by atoms with Crippen LogP contribution in [-0.4, -0.2) is 10.4 Å². The number of benzene rings is 1. The number of allylic oxidation sites excluding steroid dienone is 2. The van der Waals surface area contributed by atoms with Crippen molar-refractivity contribution in [1.29, 1.82) is 0 Å². The van der Waals surface area contributed by atoms with E-state index in [1.165, 1.54) is 0 Å². The summed E-state index contributed by atoms with van der Waals surface area (Å²) in [5, 5.41) is 0. The van der Waals surface area contributed by atoms with Gasteiger partial charge in [-0.2, -0.15) is 0 Å². The van der Waals surface area contributed by atoms with Crippen LogP contribution in [0.4, 0.5) is 0 Å². The van der Waals surface area contributed by atoms with Gasteiger partial charge in [-0.05, 0) is 0 Å². The van der Waals surface area contributed by atoms with Crippen molar-refractivity contribution < 1.29 is 29.5 Å². The minimum absolute atomic E-state index is 0.144. The van der Waals surface area contributed by atoms with Gasteiger partial charge in [0.2, 0.25) is 0 Å². The predicted octanol–water partition coefficient (Wildman–Crippen LogP) is -0.410. The van der Waals surface area contributed by atoms with Crippen molar-refractivity contribution in [1.82, 2.24) is 0 Å². The molecule has 1 aliphatic carbocycles. The molecule has 0 N–H and O–H groups in total. The molecule has 0 saturated carbocycles. The molecule has 0 spiro atoms. The second-order valence-electron chi connectivity index (χ2n) is 3.43. The Balaban J connectivity index is 1.76. The summed E-state index contributed by atoms with van der Waals surface area (Å²) in [5.74, 6) is 0.350. The van der Waals surface area contributed by atoms with E-state index < -0.39 is 21.6 Å². The number of halogens is 1. The molecule has 0 bridgehead atoms. The molecule has 1 aromatic rings. The average Bonchev–Trinajstić information content (AvgIpc) is 2.83. The fourth-order valence-electron chi connectivity index (χ4n) is 1.36. The summed E-state index contributed by atoms with van der Waals surface area (Å²) >= 11 is -0.841. The molecule has 0 radical (unpaired) electrons. The van der Waals surface area contributed by atoms with Crippen LogP contribution in [0.15, 0.2) is 54.6 Å². The summed E-state index contributed by atoms with van der Waals surface area (Å²) in [6.45, 7) is 0.624. The van der Waals surface area contributed by atoms with Crippen LogP contribution in [0.2, 0.25) is 0 Å². The van der Waals surface area contributed by atoms with Crippen molar-refractivity contribution in [2.75, 3.05) is 6.61 Å².